The van der Waals surface area contributed by atoms with Crippen LogP contribution >= 0.6 is 0 Å². The lowest BCUT2D eigenvalue weighted by Crippen LogP contribution is -2.10. The fourth-order valence-electron chi connectivity index (χ4n) is 3.20. The first-order valence-electron chi connectivity index (χ1n) is 8.26. The number of aldehydes is 1. The van der Waals surface area contributed by atoms with E-state index in [0.717, 1.165) is 6.20 Å². The third-order valence-electron chi connectivity index (χ3n) is 4.32. The lowest BCUT2D eigenvalue weighted by molar-refractivity contribution is -0.144. The Bertz CT molecular complexity index is 1080. The molecule has 2 heterocycles. The summed E-state index contributed by atoms with van der Waals surface area (Å²) in [7, 11) is 1.59. The van der Waals surface area contributed by atoms with Gasteiger partial charge in [-0.15, -0.1) is 5.10 Å². The number of carbonyl (C=O) groups excluding carboxylic acids is 1. The molecular weight excluding hydrogens is 402 g/mol. The summed E-state index contributed by atoms with van der Waals surface area (Å²) in [6.45, 7) is 1.61. The van der Waals surface area contributed by atoms with Gasteiger partial charge in [0.2, 0.25) is 0 Å². The van der Waals surface area contributed by atoms with Crippen molar-refractivity contribution in [3.05, 3.63) is 46.9 Å². The van der Waals surface area contributed by atoms with Crippen molar-refractivity contribution in [1.82, 2.24) is 14.6 Å². The maximum atomic E-state index is 13.6. The van der Waals surface area contributed by atoms with Gasteiger partial charge in [-0.2, -0.15) is 26.3 Å². The van der Waals surface area contributed by atoms with E-state index in [4.69, 9.17) is 0 Å². The number of hydrogen-bond acceptors (Lipinski definition) is 4. The average molecular weight is 416 g/mol. The highest BCUT2D eigenvalue weighted by Crippen LogP contribution is 2.41. The summed E-state index contributed by atoms with van der Waals surface area (Å²) in [5.41, 5.74) is -0.812. The number of aromatic nitrogens is 3. The van der Waals surface area contributed by atoms with Gasteiger partial charge in [0.15, 0.2) is 5.65 Å². The van der Waals surface area contributed by atoms with E-state index in [0.29, 0.717) is 33.7 Å². The molecular formula is C18H14F6N4O. The number of pyridine rings is 1. The summed E-state index contributed by atoms with van der Waals surface area (Å²) >= 11 is 0. The number of benzene rings is 1. The second kappa shape index (κ2) is 7.05. The van der Waals surface area contributed by atoms with Gasteiger partial charge in [-0.05, 0) is 41.8 Å². The smallest absolute Gasteiger partial charge is 0.388 e. The van der Waals surface area contributed by atoms with Gasteiger partial charge in [0.1, 0.15) is 6.29 Å². The van der Waals surface area contributed by atoms with E-state index in [9.17, 15) is 31.1 Å². The molecule has 0 bridgehead atoms. The SMILES string of the molecule is CNc1c(C)cc(-c2c(C(F)(F)F)ccn3nc(C(F)(F)F)nc23)cc1CC=O. The molecule has 3 aromatic rings. The van der Waals surface area contributed by atoms with Crippen molar-refractivity contribution in [1.29, 1.82) is 0 Å². The van der Waals surface area contributed by atoms with E-state index in [1.807, 2.05) is 0 Å². The maximum absolute atomic E-state index is 13.6. The van der Waals surface area contributed by atoms with Gasteiger partial charge in [-0.1, -0.05) is 0 Å². The van der Waals surface area contributed by atoms with Crippen molar-refractivity contribution >= 4 is 17.6 Å². The van der Waals surface area contributed by atoms with E-state index in [1.54, 1.807) is 14.0 Å². The van der Waals surface area contributed by atoms with Crippen LogP contribution in [-0.4, -0.2) is 27.9 Å². The van der Waals surface area contributed by atoms with Crippen LogP contribution in [0.5, 0.6) is 0 Å². The fraction of sp³-hybridized carbons (Fsp3) is 0.278. The second-order valence-electron chi connectivity index (χ2n) is 6.25. The Morgan fingerprint density at radius 1 is 1.14 bits per heavy atom. The Labute approximate surface area is 160 Å². The summed E-state index contributed by atoms with van der Waals surface area (Å²) in [6.07, 6.45) is -8.48. The topological polar surface area (TPSA) is 59.3 Å². The van der Waals surface area contributed by atoms with E-state index >= 15 is 0 Å². The zero-order valence-corrected chi connectivity index (χ0v) is 15.1. The molecule has 1 aromatic carbocycles. The average Bonchev–Trinajstić information content (AvgIpc) is 3.04. The summed E-state index contributed by atoms with van der Waals surface area (Å²) in [4.78, 5) is 14.3. The molecule has 3 rings (SSSR count). The third kappa shape index (κ3) is 3.76. The Hall–Kier alpha value is -3.11. The summed E-state index contributed by atoms with van der Waals surface area (Å²) in [5.74, 6) is -1.55. The number of rotatable bonds is 4. The summed E-state index contributed by atoms with van der Waals surface area (Å²) in [5, 5.41) is 6.12. The number of carbonyl (C=O) groups is 1. The van der Waals surface area contributed by atoms with Crippen molar-refractivity contribution in [2.75, 3.05) is 12.4 Å². The van der Waals surface area contributed by atoms with Crippen molar-refractivity contribution in [3.63, 3.8) is 0 Å². The quantitative estimate of drug-likeness (QED) is 0.502. The Balaban J connectivity index is 2.40. The van der Waals surface area contributed by atoms with E-state index in [-0.39, 0.29) is 12.0 Å². The number of fused-ring (bicyclic) bond motifs is 1. The first kappa shape index (κ1) is 20.6. The highest BCUT2D eigenvalue weighted by molar-refractivity contribution is 5.84. The van der Waals surface area contributed by atoms with Gasteiger partial charge in [0, 0.05) is 30.9 Å². The number of anilines is 1. The Morgan fingerprint density at radius 3 is 2.38 bits per heavy atom. The molecule has 0 radical (unpaired) electrons. The first-order chi connectivity index (χ1) is 13.5. The minimum Gasteiger partial charge on any atom is -0.388 e. The predicted molar refractivity (Wildman–Crippen MR) is 92.5 cm³/mol. The van der Waals surface area contributed by atoms with E-state index in [1.165, 1.54) is 12.1 Å². The van der Waals surface area contributed by atoms with Crippen LogP contribution in [0.1, 0.15) is 22.5 Å². The molecule has 0 saturated carbocycles. The number of alkyl halides is 6. The number of nitrogens with zero attached hydrogens (tertiary/aromatic N) is 3. The molecule has 11 heteroatoms. The van der Waals surface area contributed by atoms with Gasteiger partial charge >= 0.3 is 12.4 Å². The number of aryl methyl sites for hydroxylation is 1. The van der Waals surface area contributed by atoms with Crippen LogP contribution in [0.15, 0.2) is 24.4 Å². The third-order valence-corrected chi connectivity index (χ3v) is 4.32. The molecule has 0 aliphatic carbocycles. The molecule has 0 unspecified atom stereocenters. The van der Waals surface area contributed by atoms with Crippen molar-refractivity contribution < 1.29 is 31.1 Å². The standard InChI is InChI=1S/C18H14F6N4O/c1-9-7-11(8-10(4-6-29)14(9)25-2)13-12(17(19,20)21)3-5-28-15(13)26-16(27-28)18(22,23)24/h3,5-8,25H,4H2,1-2H3. The molecule has 29 heavy (non-hydrogen) atoms. The van der Waals surface area contributed by atoms with Gasteiger partial charge in [-0.3, -0.25) is 0 Å². The van der Waals surface area contributed by atoms with Gasteiger partial charge in [0.05, 0.1) is 5.56 Å². The zero-order valence-electron chi connectivity index (χ0n) is 15.1. The van der Waals surface area contributed by atoms with Crippen molar-refractivity contribution in [2.45, 2.75) is 25.7 Å². The molecule has 0 saturated heterocycles. The number of nitrogens with one attached hydrogen (secondary N) is 1. The molecule has 0 aliphatic rings. The molecule has 1 N–H and O–H groups in total. The normalized spacial score (nSPS) is 12.4. The van der Waals surface area contributed by atoms with Crippen LogP contribution in [0.25, 0.3) is 16.8 Å². The minimum absolute atomic E-state index is 0.0163. The lowest BCUT2D eigenvalue weighted by Gasteiger charge is -2.17. The van der Waals surface area contributed by atoms with Crippen LogP contribution in [0.2, 0.25) is 0 Å². The largest absolute Gasteiger partial charge is 0.453 e. The van der Waals surface area contributed by atoms with Gasteiger partial charge in [0.25, 0.3) is 5.82 Å². The predicted octanol–water partition coefficient (Wildman–Crippen LogP) is 4.53. The maximum Gasteiger partial charge on any atom is 0.453 e. The van der Waals surface area contributed by atoms with E-state index < -0.39 is 35.0 Å². The zero-order chi connectivity index (χ0) is 21.6. The second-order valence-corrected chi connectivity index (χ2v) is 6.25. The first-order valence-corrected chi connectivity index (χ1v) is 8.26. The minimum atomic E-state index is -4.92. The fourth-order valence-corrected chi connectivity index (χ4v) is 3.20. The molecule has 0 amide bonds. The molecule has 154 valence electrons. The molecule has 0 fully saturated rings. The van der Waals surface area contributed by atoms with Crippen LogP contribution in [0.4, 0.5) is 32.0 Å². The van der Waals surface area contributed by atoms with Crippen LogP contribution in [-0.2, 0) is 23.6 Å². The van der Waals surface area contributed by atoms with Crippen LogP contribution in [0.3, 0.4) is 0 Å². The molecule has 0 atom stereocenters. The van der Waals surface area contributed by atoms with Gasteiger partial charge < -0.3 is 10.1 Å². The van der Waals surface area contributed by atoms with Crippen LogP contribution in [0, 0.1) is 6.92 Å². The summed E-state index contributed by atoms with van der Waals surface area (Å²) in [6, 6.07) is 3.38. The highest BCUT2D eigenvalue weighted by atomic mass is 19.4. The molecule has 5 nitrogen and oxygen atoms in total. The molecule has 0 aliphatic heterocycles. The molecule has 2 aromatic heterocycles. The lowest BCUT2D eigenvalue weighted by atomic mass is 9.94. The highest BCUT2D eigenvalue weighted by Gasteiger charge is 2.39. The van der Waals surface area contributed by atoms with Crippen LogP contribution < -0.4 is 5.32 Å². The summed E-state index contributed by atoms with van der Waals surface area (Å²) < 4.78 is 80.7. The Morgan fingerprint density at radius 2 is 1.83 bits per heavy atom. The monoisotopic (exact) mass is 416 g/mol. The van der Waals surface area contributed by atoms with Crippen molar-refractivity contribution in [3.8, 4) is 11.1 Å². The van der Waals surface area contributed by atoms with E-state index in [2.05, 4.69) is 15.4 Å². The Kier molecular flexibility index (Phi) is 5.01. The van der Waals surface area contributed by atoms with Gasteiger partial charge in [-0.25, -0.2) is 9.50 Å². The number of hydrogen-bond donors (Lipinski definition) is 1. The number of halogens is 6. The van der Waals surface area contributed by atoms with Crippen molar-refractivity contribution in [2.24, 2.45) is 0 Å². The molecule has 0 spiro atoms.